The Balaban J connectivity index is 1.49. The third-order valence-electron chi connectivity index (χ3n) is 7.52. The number of amides is 3. The van der Waals surface area contributed by atoms with Gasteiger partial charge in [0.25, 0.3) is 0 Å². The monoisotopic (exact) mass is 497 g/mol. The smallest absolute Gasteiger partial charge is 0.250 e. The number of anilines is 1. The van der Waals surface area contributed by atoms with Crippen LogP contribution in [0.1, 0.15) is 25.0 Å². The lowest BCUT2D eigenvalue weighted by molar-refractivity contribution is -0.142. The number of carbonyl (C=O) groups excluding carboxylic acids is 3. The number of carbonyl (C=O) groups is 3. The number of rotatable bonds is 6. The van der Waals surface area contributed by atoms with E-state index in [1.807, 2.05) is 26.0 Å². The molecule has 0 bridgehead atoms. The fourth-order valence-electron chi connectivity index (χ4n) is 5.86. The summed E-state index contributed by atoms with van der Waals surface area (Å²) in [5, 5.41) is 6.68. The second-order valence-electron chi connectivity index (χ2n) is 9.61. The van der Waals surface area contributed by atoms with Gasteiger partial charge in [0.15, 0.2) is 11.5 Å². The lowest BCUT2D eigenvalue weighted by Gasteiger charge is -2.30. The largest absolute Gasteiger partial charge is 0.493 e. The van der Waals surface area contributed by atoms with E-state index in [2.05, 4.69) is 10.6 Å². The number of nitrogens with one attached hydrogen (secondary N) is 2. The van der Waals surface area contributed by atoms with Crippen molar-refractivity contribution in [1.82, 2.24) is 10.2 Å². The van der Waals surface area contributed by atoms with Gasteiger partial charge < -0.3 is 14.8 Å². The van der Waals surface area contributed by atoms with E-state index in [1.54, 1.807) is 38.5 Å². The molecule has 3 heterocycles. The Morgan fingerprint density at radius 3 is 2.49 bits per heavy atom. The zero-order chi connectivity index (χ0) is 25.1. The maximum atomic E-state index is 13.8. The minimum absolute atomic E-state index is 0.0282. The number of nitrogens with zero attached hydrogens (tertiary/aromatic N) is 1. The lowest BCUT2D eigenvalue weighted by atomic mass is 9.76. The fourth-order valence-corrected chi connectivity index (χ4v) is 6.08. The van der Waals surface area contributed by atoms with E-state index in [1.165, 1.54) is 4.90 Å². The molecule has 0 radical (unpaired) electrons. The summed E-state index contributed by atoms with van der Waals surface area (Å²) in [5.74, 6) is -1.18. The highest BCUT2D eigenvalue weighted by atomic mass is 35.5. The van der Waals surface area contributed by atoms with Crippen molar-refractivity contribution < 1.29 is 23.9 Å². The molecule has 9 heteroatoms. The summed E-state index contributed by atoms with van der Waals surface area (Å²) in [6.07, 6.45) is 0.457. The van der Waals surface area contributed by atoms with E-state index in [0.29, 0.717) is 34.2 Å². The van der Waals surface area contributed by atoms with Crippen LogP contribution in [0.25, 0.3) is 0 Å². The molecule has 4 atom stereocenters. The Kier molecular flexibility index (Phi) is 5.76. The number of hydrogen-bond donors (Lipinski definition) is 2. The molecule has 0 saturated carbocycles. The van der Waals surface area contributed by atoms with Crippen molar-refractivity contribution in [3.05, 3.63) is 52.5 Å². The molecule has 2 N–H and O–H groups in total. The van der Waals surface area contributed by atoms with Crippen LogP contribution in [0.5, 0.6) is 11.5 Å². The standard InChI is InChI=1S/C26H28ClN3O5/c1-13(2)21-19-20(26(29-21)15-6-5-7-16(27)22(15)28-25(26)33)24(32)30(23(19)31)11-10-14-8-9-17(34-3)18(12-14)35-4/h5-9,12-13,19-21,29H,10-11H2,1-4H3,(H,28,33)/t19-,20-,21+,26+/m0/s1. The lowest BCUT2D eigenvalue weighted by Crippen LogP contribution is -2.54. The first-order valence-corrected chi connectivity index (χ1v) is 12.1. The summed E-state index contributed by atoms with van der Waals surface area (Å²) in [6.45, 7) is 4.19. The Hall–Kier alpha value is -3.10. The van der Waals surface area contributed by atoms with Gasteiger partial charge in [-0.05, 0) is 36.1 Å². The van der Waals surface area contributed by atoms with Crippen LogP contribution in [0.2, 0.25) is 5.02 Å². The third-order valence-corrected chi connectivity index (χ3v) is 7.83. The second-order valence-corrected chi connectivity index (χ2v) is 10.0. The van der Waals surface area contributed by atoms with Crippen LogP contribution in [0.3, 0.4) is 0 Å². The van der Waals surface area contributed by atoms with Crippen LogP contribution in [-0.2, 0) is 26.3 Å². The van der Waals surface area contributed by atoms with Gasteiger partial charge in [0.05, 0.1) is 36.8 Å². The van der Waals surface area contributed by atoms with Gasteiger partial charge in [-0.1, -0.05) is 43.6 Å². The van der Waals surface area contributed by atoms with Crippen LogP contribution in [-0.4, -0.2) is 49.4 Å². The number of hydrogen-bond acceptors (Lipinski definition) is 6. The van der Waals surface area contributed by atoms with Gasteiger partial charge in [-0.15, -0.1) is 0 Å². The summed E-state index contributed by atoms with van der Waals surface area (Å²) in [6, 6.07) is 10.5. The van der Waals surface area contributed by atoms with E-state index < -0.39 is 17.4 Å². The van der Waals surface area contributed by atoms with Crippen LogP contribution < -0.4 is 20.1 Å². The van der Waals surface area contributed by atoms with Gasteiger partial charge in [0.2, 0.25) is 17.7 Å². The first-order chi connectivity index (χ1) is 16.7. The Morgan fingerprint density at radius 1 is 1.06 bits per heavy atom. The predicted molar refractivity (Wildman–Crippen MR) is 130 cm³/mol. The number of halogens is 1. The van der Waals surface area contributed by atoms with Crippen LogP contribution in [0.4, 0.5) is 5.69 Å². The quantitative estimate of drug-likeness (QED) is 0.596. The molecule has 8 nitrogen and oxygen atoms in total. The zero-order valence-corrected chi connectivity index (χ0v) is 20.8. The van der Waals surface area contributed by atoms with Crippen molar-refractivity contribution in [3.63, 3.8) is 0 Å². The van der Waals surface area contributed by atoms with Crippen molar-refractivity contribution in [2.75, 3.05) is 26.1 Å². The molecule has 0 aliphatic carbocycles. The molecule has 35 heavy (non-hydrogen) atoms. The molecule has 3 aliphatic heterocycles. The summed E-state index contributed by atoms with van der Waals surface area (Å²) >= 11 is 6.37. The van der Waals surface area contributed by atoms with Crippen molar-refractivity contribution in [1.29, 1.82) is 0 Å². The molecule has 3 amide bonds. The molecule has 3 aliphatic rings. The molecule has 2 saturated heterocycles. The van der Waals surface area contributed by atoms with E-state index in [0.717, 1.165) is 5.56 Å². The van der Waals surface area contributed by atoms with E-state index in [4.69, 9.17) is 21.1 Å². The SMILES string of the molecule is COc1ccc(CCN2C(=O)[C@@H]3[C@@H](C(C)C)N[C@@]4(C(=O)Nc5c(Cl)cccc54)[C@@H]3C2=O)cc1OC. The van der Waals surface area contributed by atoms with Crippen LogP contribution >= 0.6 is 11.6 Å². The normalized spacial score (nSPS) is 27.0. The molecule has 2 fully saturated rings. The van der Waals surface area contributed by atoms with Crippen molar-refractivity contribution in [2.45, 2.75) is 31.8 Å². The molecule has 0 unspecified atom stereocenters. The molecular weight excluding hydrogens is 470 g/mol. The van der Waals surface area contributed by atoms with Gasteiger partial charge >= 0.3 is 0 Å². The van der Waals surface area contributed by atoms with Crippen LogP contribution in [0, 0.1) is 17.8 Å². The van der Waals surface area contributed by atoms with Crippen molar-refractivity contribution in [3.8, 4) is 11.5 Å². The number of para-hydroxylation sites is 1. The maximum Gasteiger partial charge on any atom is 0.250 e. The number of benzene rings is 2. The maximum absolute atomic E-state index is 13.8. The highest BCUT2D eigenvalue weighted by molar-refractivity contribution is 6.35. The van der Waals surface area contributed by atoms with E-state index >= 15 is 0 Å². The van der Waals surface area contributed by atoms with Gasteiger partial charge in [-0.3, -0.25) is 24.6 Å². The Morgan fingerprint density at radius 2 is 1.80 bits per heavy atom. The summed E-state index contributed by atoms with van der Waals surface area (Å²) in [5.41, 5.74) is 0.698. The van der Waals surface area contributed by atoms with Crippen molar-refractivity contribution in [2.24, 2.45) is 17.8 Å². The highest BCUT2D eigenvalue weighted by Gasteiger charge is 2.70. The first-order valence-electron chi connectivity index (χ1n) is 11.7. The van der Waals surface area contributed by atoms with Crippen molar-refractivity contribution >= 4 is 35.0 Å². The molecule has 184 valence electrons. The minimum Gasteiger partial charge on any atom is -0.493 e. The van der Waals surface area contributed by atoms with E-state index in [-0.39, 0.29) is 36.2 Å². The number of ether oxygens (including phenoxy) is 2. The number of imide groups is 1. The van der Waals surface area contributed by atoms with Crippen LogP contribution in [0.15, 0.2) is 36.4 Å². The summed E-state index contributed by atoms with van der Waals surface area (Å²) in [4.78, 5) is 42.2. The third kappa shape index (κ3) is 3.34. The Bertz CT molecular complexity index is 1230. The summed E-state index contributed by atoms with van der Waals surface area (Å²) in [7, 11) is 3.13. The molecule has 2 aromatic carbocycles. The second kappa shape index (κ2) is 8.53. The van der Waals surface area contributed by atoms with Gasteiger partial charge in [-0.2, -0.15) is 0 Å². The fraction of sp³-hybridized carbons (Fsp3) is 0.423. The average molecular weight is 498 g/mol. The highest BCUT2D eigenvalue weighted by Crippen LogP contribution is 2.55. The molecule has 0 aromatic heterocycles. The molecular formula is C26H28ClN3O5. The topological polar surface area (TPSA) is 97.0 Å². The van der Waals surface area contributed by atoms with Gasteiger partial charge in [-0.25, -0.2) is 0 Å². The zero-order valence-electron chi connectivity index (χ0n) is 20.1. The summed E-state index contributed by atoms with van der Waals surface area (Å²) < 4.78 is 10.7. The molecule has 2 aromatic rings. The van der Waals surface area contributed by atoms with Gasteiger partial charge in [0.1, 0.15) is 5.54 Å². The predicted octanol–water partition coefficient (Wildman–Crippen LogP) is 2.98. The molecule has 5 rings (SSSR count). The number of methoxy groups -OCH3 is 2. The Labute approximate surface area is 208 Å². The average Bonchev–Trinajstić information content (AvgIpc) is 3.43. The van der Waals surface area contributed by atoms with E-state index in [9.17, 15) is 14.4 Å². The number of fused-ring (bicyclic) bond motifs is 4. The number of likely N-dealkylation sites (tertiary alicyclic amines) is 1. The molecule has 1 spiro atoms. The first kappa shape index (κ1) is 23.6. The minimum atomic E-state index is -1.33. The van der Waals surface area contributed by atoms with Gasteiger partial charge in [0, 0.05) is 18.2 Å².